The van der Waals surface area contributed by atoms with Crippen molar-refractivity contribution in [1.29, 1.82) is 0 Å². The zero-order valence-corrected chi connectivity index (χ0v) is 11.8. The zero-order chi connectivity index (χ0) is 15.5. The van der Waals surface area contributed by atoms with Gasteiger partial charge >= 0.3 is 6.09 Å². The molecule has 0 unspecified atom stereocenters. The van der Waals surface area contributed by atoms with Gasteiger partial charge in [0.2, 0.25) is 11.6 Å². The van der Waals surface area contributed by atoms with E-state index in [2.05, 4.69) is 20.5 Å². The van der Waals surface area contributed by atoms with Crippen molar-refractivity contribution in [3.05, 3.63) is 48.3 Å². The van der Waals surface area contributed by atoms with Crippen molar-refractivity contribution in [2.45, 2.75) is 6.54 Å². The van der Waals surface area contributed by atoms with Crippen molar-refractivity contribution in [1.82, 2.24) is 19.6 Å². The van der Waals surface area contributed by atoms with Gasteiger partial charge in [0, 0.05) is 26.0 Å². The Kier molecular flexibility index (Phi) is 3.57. The zero-order valence-electron chi connectivity index (χ0n) is 11.8. The lowest BCUT2D eigenvalue weighted by molar-refractivity contribution is 0.209. The van der Waals surface area contributed by atoms with Crippen molar-refractivity contribution in [2.75, 3.05) is 17.3 Å². The van der Waals surface area contributed by atoms with Crippen molar-refractivity contribution < 1.29 is 9.90 Å². The van der Waals surface area contributed by atoms with Gasteiger partial charge in [-0.25, -0.2) is 9.78 Å². The van der Waals surface area contributed by atoms with E-state index in [1.165, 1.54) is 0 Å². The van der Waals surface area contributed by atoms with Crippen molar-refractivity contribution >= 4 is 23.5 Å². The van der Waals surface area contributed by atoms with Gasteiger partial charge in [0.05, 0.1) is 0 Å². The number of nitrogens with zero attached hydrogens (tertiary/aromatic N) is 5. The third-order valence-corrected chi connectivity index (χ3v) is 3.15. The Balaban J connectivity index is 1.93. The molecule has 0 atom stereocenters. The number of nitrogens with one attached hydrogen (secondary N) is 1. The first-order chi connectivity index (χ1) is 10.6. The molecule has 0 aliphatic carbocycles. The molecule has 0 aliphatic rings. The molecule has 0 saturated carbocycles. The van der Waals surface area contributed by atoms with Gasteiger partial charge in [-0.05, 0) is 5.56 Å². The maximum Gasteiger partial charge on any atom is 0.411 e. The largest absolute Gasteiger partial charge is 0.465 e. The summed E-state index contributed by atoms with van der Waals surface area (Å²) in [5.74, 6) is 0.761. The fourth-order valence-corrected chi connectivity index (χ4v) is 2.20. The topological polar surface area (TPSA) is 95.7 Å². The number of carboxylic acid groups (broad SMARTS) is 1. The summed E-state index contributed by atoms with van der Waals surface area (Å²) in [4.78, 5) is 17.0. The van der Waals surface area contributed by atoms with Crippen LogP contribution in [0, 0.1) is 0 Å². The van der Waals surface area contributed by atoms with Crippen molar-refractivity contribution in [3.8, 4) is 0 Å². The second kappa shape index (κ2) is 5.68. The molecular weight excluding hydrogens is 284 g/mol. The molecule has 0 aliphatic heterocycles. The van der Waals surface area contributed by atoms with Gasteiger partial charge in [0.15, 0.2) is 5.82 Å². The number of benzene rings is 1. The molecule has 0 saturated heterocycles. The van der Waals surface area contributed by atoms with Crippen LogP contribution in [0.3, 0.4) is 0 Å². The van der Waals surface area contributed by atoms with E-state index < -0.39 is 6.09 Å². The second-order valence-corrected chi connectivity index (χ2v) is 4.74. The Hall–Kier alpha value is -3.16. The molecule has 3 aromatic rings. The minimum atomic E-state index is -1.19. The SMILES string of the molecule is CN(Cc1ccccc1)c1nccn2c(NC(=O)O)nnc12. The Labute approximate surface area is 126 Å². The number of rotatable bonds is 4. The number of carbonyl (C=O) groups is 1. The number of aromatic nitrogens is 4. The highest BCUT2D eigenvalue weighted by Gasteiger charge is 2.14. The number of hydrogen-bond donors (Lipinski definition) is 2. The standard InChI is InChI=1S/C14H14N6O2/c1-19(9-10-5-3-2-4-6-10)11-12-17-18-13(16-14(21)22)20(12)8-7-15-11/h2-8H,9H2,1H3,(H,16,18)(H,21,22). The third kappa shape index (κ3) is 2.66. The molecule has 8 heteroatoms. The first-order valence-electron chi connectivity index (χ1n) is 6.60. The molecule has 0 spiro atoms. The fraction of sp³-hybridized carbons (Fsp3) is 0.143. The highest BCUT2D eigenvalue weighted by atomic mass is 16.4. The van der Waals surface area contributed by atoms with E-state index >= 15 is 0 Å². The van der Waals surface area contributed by atoms with E-state index in [9.17, 15) is 4.79 Å². The molecular formula is C14H14N6O2. The summed E-state index contributed by atoms with van der Waals surface area (Å²) in [6.45, 7) is 0.655. The van der Waals surface area contributed by atoms with Crippen LogP contribution in [-0.2, 0) is 6.54 Å². The molecule has 2 heterocycles. The highest BCUT2D eigenvalue weighted by molar-refractivity contribution is 5.81. The summed E-state index contributed by atoms with van der Waals surface area (Å²) in [6, 6.07) is 9.97. The van der Waals surface area contributed by atoms with Crippen LogP contribution in [0.2, 0.25) is 0 Å². The summed E-state index contributed by atoms with van der Waals surface area (Å²) in [7, 11) is 1.90. The molecule has 2 N–H and O–H groups in total. The number of amides is 1. The quantitative estimate of drug-likeness (QED) is 0.763. The van der Waals surface area contributed by atoms with E-state index in [1.807, 2.05) is 42.3 Å². The molecule has 1 aromatic carbocycles. The lowest BCUT2D eigenvalue weighted by Crippen LogP contribution is -2.19. The molecule has 22 heavy (non-hydrogen) atoms. The molecule has 1 amide bonds. The van der Waals surface area contributed by atoms with Gasteiger partial charge in [-0.1, -0.05) is 30.3 Å². The molecule has 8 nitrogen and oxygen atoms in total. The van der Waals surface area contributed by atoms with Crippen LogP contribution >= 0.6 is 0 Å². The Morgan fingerprint density at radius 2 is 2.09 bits per heavy atom. The highest BCUT2D eigenvalue weighted by Crippen LogP contribution is 2.19. The first kappa shape index (κ1) is 13.8. The van der Waals surface area contributed by atoms with E-state index in [-0.39, 0.29) is 5.95 Å². The summed E-state index contributed by atoms with van der Waals surface area (Å²) < 4.78 is 1.55. The third-order valence-electron chi connectivity index (χ3n) is 3.15. The maximum absolute atomic E-state index is 10.8. The molecule has 2 aromatic heterocycles. The molecule has 3 rings (SSSR count). The Morgan fingerprint density at radius 3 is 2.82 bits per heavy atom. The van der Waals surface area contributed by atoms with E-state index in [0.717, 1.165) is 5.56 Å². The van der Waals surface area contributed by atoms with Gasteiger partial charge < -0.3 is 10.0 Å². The average molecular weight is 298 g/mol. The monoisotopic (exact) mass is 298 g/mol. The number of anilines is 2. The fourth-order valence-electron chi connectivity index (χ4n) is 2.20. The van der Waals surface area contributed by atoms with E-state index in [1.54, 1.807) is 16.8 Å². The lowest BCUT2D eigenvalue weighted by atomic mass is 10.2. The number of hydrogen-bond acceptors (Lipinski definition) is 5. The Bertz CT molecular complexity index is 801. The average Bonchev–Trinajstić information content (AvgIpc) is 2.90. The molecule has 0 bridgehead atoms. The van der Waals surface area contributed by atoms with Gasteiger partial charge in [0.25, 0.3) is 0 Å². The van der Waals surface area contributed by atoms with Gasteiger partial charge in [0.1, 0.15) is 0 Å². The summed E-state index contributed by atoms with van der Waals surface area (Å²) >= 11 is 0. The van der Waals surface area contributed by atoms with Crippen LogP contribution in [0.4, 0.5) is 16.6 Å². The van der Waals surface area contributed by atoms with E-state index in [0.29, 0.717) is 18.0 Å². The molecule has 0 fully saturated rings. The minimum absolute atomic E-state index is 0.138. The summed E-state index contributed by atoms with van der Waals surface area (Å²) in [6.07, 6.45) is 2.01. The molecule has 0 radical (unpaired) electrons. The number of fused-ring (bicyclic) bond motifs is 1. The summed E-state index contributed by atoms with van der Waals surface area (Å²) in [5, 5.41) is 18.9. The van der Waals surface area contributed by atoms with Crippen LogP contribution in [-0.4, -0.2) is 37.8 Å². The van der Waals surface area contributed by atoms with Crippen LogP contribution in [0.15, 0.2) is 42.7 Å². The van der Waals surface area contributed by atoms with Gasteiger partial charge in [-0.15, -0.1) is 10.2 Å². The summed E-state index contributed by atoms with van der Waals surface area (Å²) in [5.41, 5.74) is 1.63. The minimum Gasteiger partial charge on any atom is -0.465 e. The maximum atomic E-state index is 10.8. The lowest BCUT2D eigenvalue weighted by Gasteiger charge is -2.18. The Morgan fingerprint density at radius 1 is 1.32 bits per heavy atom. The van der Waals surface area contributed by atoms with Crippen molar-refractivity contribution in [3.63, 3.8) is 0 Å². The molecule has 112 valence electrons. The predicted octanol–water partition coefficient (Wildman–Crippen LogP) is 1.85. The second-order valence-electron chi connectivity index (χ2n) is 4.74. The van der Waals surface area contributed by atoms with Crippen molar-refractivity contribution in [2.24, 2.45) is 0 Å². The van der Waals surface area contributed by atoms with Crippen LogP contribution < -0.4 is 10.2 Å². The van der Waals surface area contributed by atoms with Crippen LogP contribution in [0.5, 0.6) is 0 Å². The van der Waals surface area contributed by atoms with Gasteiger partial charge in [-0.3, -0.25) is 9.72 Å². The van der Waals surface area contributed by atoms with Crippen LogP contribution in [0.25, 0.3) is 5.65 Å². The van der Waals surface area contributed by atoms with Crippen LogP contribution in [0.1, 0.15) is 5.56 Å². The van der Waals surface area contributed by atoms with Gasteiger partial charge in [-0.2, -0.15) is 0 Å². The normalized spacial score (nSPS) is 10.6. The smallest absolute Gasteiger partial charge is 0.411 e. The first-order valence-corrected chi connectivity index (χ1v) is 6.60. The van der Waals surface area contributed by atoms with E-state index in [4.69, 9.17) is 5.11 Å². The predicted molar refractivity (Wildman–Crippen MR) is 81.0 cm³/mol.